The van der Waals surface area contributed by atoms with Gasteiger partial charge in [-0.2, -0.15) is 5.26 Å². The number of nitrogens with zero attached hydrogens (tertiary/aromatic N) is 2. The van der Waals surface area contributed by atoms with Gasteiger partial charge in [0.2, 0.25) is 0 Å². The molecule has 2 amide bonds. The van der Waals surface area contributed by atoms with Gasteiger partial charge in [0.25, 0.3) is 0 Å². The van der Waals surface area contributed by atoms with E-state index < -0.39 is 30.8 Å². The van der Waals surface area contributed by atoms with E-state index in [9.17, 15) is 9.59 Å². The minimum Gasteiger partial charge on any atom is -0.480 e. The number of aliphatic carboxylic acids is 1. The number of carbonyl (C=O) groups is 2. The second kappa shape index (κ2) is 6.03. The lowest BCUT2D eigenvalue weighted by molar-refractivity contribution is -0.140. The molecule has 1 unspecified atom stereocenters. The predicted molar refractivity (Wildman–Crippen MR) is 54.0 cm³/mol. The van der Waals surface area contributed by atoms with Crippen molar-refractivity contribution in [2.75, 3.05) is 26.3 Å². The standard InChI is InChI=1S/C9H13N3O5/c10-3-6-4-12(1-2-17-6)9(16)11-7(5-13)8(14)15/h6-7,13H,1-2,4-5H2,(H,11,16)(H,14,15)/t6?,7-/m1/s1. The van der Waals surface area contributed by atoms with Crippen molar-refractivity contribution in [1.82, 2.24) is 10.2 Å². The Morgan fingerprint density at radius 1 is 1.65 bits per heavy atom. The Morgan fingerprint density at radius 3 is 2.88 bits per heavy atom. The molecule has 0 spiro atoms. The SMILES string of the molecule is N#CC1CN(C(=O)N[C@H](CO)C(=O)O)CCO1. The smallest absolute Gasteiger partial charge is 0.328 e. The van der Waals surface area contributed by atoms with E-state index >= 15 is 0 Å². The lowest BCUT2D eigenvalue weighted by Crippen LogP contribution is -2.54. The molecular weight excluding hydrogens is 230 g/mol. The van der Waals surface area contributed by atoms with Crippen molar-refractivity contribution < 1.29 is 24.5 Å². The molecule has 2 atom stereocenters. The molecule has 0 bridgehead atoms. The summed E-state index contributed by atoms with van der Waals surface area (Å²) in [5.41, 5.74) is 0. The number of aliphatic hydroxyl groups is 1. The highest BCUT2D eigenvalue weighted by Crippen LogP contribution is 2.04. The number of rotatable bonds is 3. The molecule has 17 heavy (non-hydrogen) atoms. The van der Waals surface area contributed by atoms with Crippen molar-refractivity contribution in [3.63, 3.8) is 0 Å². The van der Waals surface area contributed by atoms with E-state index in [0.717, 1.165) is 0 Å². The number of amides is 2. The predicted octanol–water partition coefficient (Wildman–Crippen LogP) is -1.63. The first-order chi connectivity index (χ1) is 8.08. The van der Waals surface area contributed by atoms with Crippen LogP contribution in [0.25, 0.3) is 0 Å². The first-order valence-electron chi connectivity index (χ1n) is 4.98. The third-order valence-electron chi connectivity index (χ3n) is 2.28. The number of nitriles is 1. The largest absolute Gasteiger partial charge is 0.480 e. The molecular formula is C9H13N3O5. The molecule has 8 nitrogen and oxygen atoms in total. The summed E-state index contributed by atoms with van der Waals surface area (Å²) in [6, 6.07) is -0.102. The zero-order valence-electron chi connectivity index (χ0n) is 9.00. The Kier molecular flexibility index (Phi) is 4.68. The number of ether oxygens (including phenoxy) is 1. The average Bonchev–Trinajstić information content (AvgIpc) is 2.35. The third kappa shape index (κ3) is 3.58. The highest BCUT2D eigenvalue weighted by Gasteiger charge is 2.27. The number of urea groups is 1. The van der Waals surface area contributed by atoms with Crippen molar-refractivity contribution >= 4 is 12.0 Å². The molecule has 1 aliphatic heterocycles. The van der Waals surface area contributed by atoms with Crippen molar-refractivity contribution in [3.05, 3.63) is 0 Å². The van der Waals surface area contributed by atoms with Crippen LogP contribution < -0.4 is 5.32 Å². The molecule has 1 aliphatic rings. The highest BCUT2D eigenvalue weighted by molar-refractivity contribution is 5.82. The zero-order chi connectivity index (χ0) is 12.8. The molecule has 0 aliphatic carbocycles. The van der Waals surface area contributed by atoms with Crippen LogP contribution in [0.5, 0.6) is 0 Å². The van der Waals surface area contributed by atoms with Crippen LogP contribution in [0.2, 0.25) is 0 Å². The maximum Gasteiger partial charge on any atom is 0.328 e. The van der Waals surface area contributed by atoms with Crippen LogP contribution in [0, 0.1) is 11.3 Å². The van der Waals surface area contributed by atoms with E-state index in [4.69, 9.17) is 20.2 Å². The summed E-state index contributed by atoms with van der Waals surface area (Å²) in [4.78, 5) is 23.5. The van der Waals surface area contributed by atoms with E-state index in [1.54, 1.807) is 0 Å². The summed E-state index contributed by atoms with van der Waals surface area (Å²) in [6.07, 6.45) is -0.702. The molecule has 0 aromatic heterocycles. The molecule has 0 aromatic rings. The quantitative estimate of drug-likeness (QED) is 0.546. The maximum absolute atomic E-state index is 11.6. The van der Waals surface area contributed by atoms with Crippen molar-refractivity contribution in [3.8, 4) is 6.07 Å². The zero-order valence-corrected chi connectivity index (χ0v) is 9.00. The van der Waals surface area contributed by atoms with Gasteiger partial charge in [0.15, 0.2) is 12.1 Å². The van der Waals surface area contributed by atoms with E-state index in [2.05, 4.69) is 5.32 Å². The number of hydrogen-bond acceptors (Lipinski definition) is 5. The van der Waals surface area contributed by atoms with Crippen LogP contribution >= 0.6 is 0 Å². The second-order valence-corrected chi connectivity index (χ2v) is 3.46. The fourth-order valence-electron chi connectivity index (χ4n) is 1.34. The Hall–Kier alpha value is -1.85. The molecule has 3 N–H and O–H groups in total. The molecule has 1 rings (SSSR count). The van der Waals surface area contributed by atoms with Gasteiger partial charge in [-0.25, -0.2) is 9.59 Å². The number of nitrogens with one attached hydrogen (secondary N) is 1. The van der Waals surface area contributed by atoms with E-state index in [1.165, 1.54) is 4.90 Å². The van der Waals surface area contributed by atoms with Crippen molar-refractivity contribution in [2.24, 2.45) is 0 Å². The van der Waals surface area contributed by atoms with Crippen LogP contribution in [-0.2, 0) is 9.53 Å². The Labute approximate surface area is 97.4 Å². The van der Waals surface area contributed by atoms with E-state index in [-0.39, 0.29) is 19.7 Å². The van der Waals surface area contributed by atoms with Crippen LogP contribution in [0.4, 0.5) is 4.79 Å². The van der Waals surface area contributed by atoms with Gasteiger partial charge in [0.1, 0.15) is 0 Å². The summed E-state index contributed by atoms with van der Waals surface area (Å²) < 4.78 is 5.04. The first-order valence-corrected chi connectivity index (χ1v) is 4.98. The monoisotopic (exact) mass is 243 g/mol. The Morgan fingerprint density at radius 2 is 2.35 bits per heavy atom. The van der Waals surface area contributed by atoms with Crippen LogP contribution in [0.1, 0.15) is 0 Å². The number of carboxylic acids is 1. The summed E-state index contributed by atoms with van der Waals surface area (Å²) in [5.74, 6) is -1.31. The number of morpholine rings is 1. The normalized spacial score (nSPS) is 21.4. The molecule has 0 saturated carbocycles. The molecule has 1 fully saturated rings. The summed E-state index contributed by atoms with van der Waals surface area (Å²) in [6.45, 7) is -0.0997. The summed E-state index contributed by atoms with van der Waals surface area (Å²) in [5, 5.41) is 28.2. The molecule has 0 radical (unpaired) electrons. The minimum absolute atomic E-state index is 0.0834. The van der Waals surface area contributed by atoms with Gasteiger partial charge in [0, 0.05) is 6.54 Å². The maximum atomic E-state index is 11.6. The fraction of sp³-hybridized carbons (Fsp3) is 0.667. The van der Waals surface area contributed by atoms with Gasteiger partial charge < -0.3 is 25.2 Å². The van der Waals surface area contributed by atoms with Crippen molar-refractivity contribution in [2.45, 2.75) is 12.1 Å². The molecule has 94 valence electrons. The molecule has 0 aromatic carbocycles. The van der Waals surface area contributed by atoms with E-state index in [1.807, 2.05) is 6.07 Å². The fourth-order valence-corrected chi connectivity index (χ4v) is 1.34. The summed E-state index contributed by atoms with van der Waals surface area (Å²) >= 11 is 0. The third-order valence-corrected chi connectivity index (χ3v) is 2.28. The number of carboxylic acid groups (broad SMARTS) is 1. The topological polar surface area (TPSA) is 123 Å². The van der Waals surface area contributed by atoms with Gasteiger partial charge in [-0.3, -0.25) is 0 Å². The van der Waals surface area contributed by atoms with Gasteiger partial charge in [0.05, 0.1) is 25.8 Å². The highest BCUT2D eigenvalue weighted by atomic mass is 16.5. The van der Waals surface area contributed by atoms with Crippen molar-refractivity contribution in [1.29, 1.82) is 5.26 Å². The van der Waals surface area contributed by atoms with Crippen LogP contribution in [-0.4, -0.2) is 65.6 Å². The number of hydrogen-bond donors (Lipinski definition) is 3. The average molecular weight is 243 g/mol. The van der Waals surface area contributed by atoms with Gasteiger partial charge in [-0.15, -0.1) is 0 Å². The summed E-state index contributed by atoms with van der Waals surface area (Å²) in [7, 11) is 0. The first kappa shape index (κ1) is 13.2. The Balaban J connectivity index is 2.52. The number of aliphatic hydroxyl groups excluding tert-OH is 1. The minimum atomic E-state index is -1.34. The van der Waals surface area contributed by atoms with Gasteiger partial charge >= 0.3 is 12.0 Å². The molecule has 1 saturated heterocycles. The lowest BCUT2D eigenvalue weighted by Gasteiger charge is -2.30. The van der Waals surface area contributed by atoms with Crippen LogP contribution in [0.15, 0.2) is 0 Å². The molecule has 8 heteroatoms. The van der Waals surface area contributed by atoms with Crippen LogP contribution in [0.3, 0.4) is 0 Å². The lowest BCUT2D eigenvalue weighted by atomic mass is 10.3. The van der Waals surface area contributed by atoms with Gasteiger partial charge in [-0.1, -0.05) is 0 Å². The number of carbonyl (C=O) groups excluding carboxylic acids is 1. The molecule has 1 heterocycles. The van der Waals surface area contributed by atoms with Gasteiger partial charge in [-0.05, 0) is 0 Å². The second-order valence-electron chi connectivity index (χ2n) is 3.46. The Bertz CT molecular complexity index is 340. The van der Waals surface area contributed by atoms with E-state index in [0.29, 0.717) is 0 Å².